The third kappa shape index (κ3) is 3.12. The van der Waals surface area contributed by atoms with Crippen LogP contribution in [0.15, 0.2) is 24.4 Å². The molecule has 7 nitrogen and oxygen atoms in total. The van der Waals surface area contributed by atoms with Crippen molar-refractivity contribution in [3.63, 3.8) is 0 Å². The Morgan fingerprint density at radius 3 is 2.92 bits per heavy atom. The number of nitrogens with one attached hydrogen (secondary N) is 2. The maximum atomic E-state index is 14.8. The van der Waals surface area contributed by atoms with Crippen molar-refractivity contribution in [2.45, 2.75) is 37.8 Å². The highest BCUT2D eigenvalue weighted by Crippen LogP contribution is 2.31. The Hall–Kier alpha value is -2.74. The van der Waals surface area contributed by atoms with Gasteiger partial charge in [-0.2, -0.15) is 10.1 Å². The summed E-state index contributed by atoms with van der Waals surface area (Å²) in [6.07, 6.45) is 4.49. The van der Waals surface area contributed by atoms with Gasteiger partial charge >= 0.3 is 0 Å². The van der Waals surface area contributed by atoms with E-state index in [0.717, 1.165) is 19.3 Å². The van der Waals surface area contributed by atoms with Gasteiger partial charge in [-0.1, -0.05) is 0 Å². The van der Waals surface area contributed by atoms with Gasteiger partial charge in [-0.3, -0.25) is 5.10 Å². The van der Waals surface area contributed by atoms with Gasteiger partial charge in [0.1, 0.15) is 11.6 Å². The van der Waals surface area contributed by atoms with Crippen LogP contribution in [0, 0.1) is 5.82 Å². The van der Waals surface area contributed by atoms with Gasteiger partial charge in [-0.25, -0.2) is 9.37 Å². The largest absolute Gasteiger partial charge is 0.393 e. The Labute approximate surface area is 143 Å². The molecule has 1 aromatic carbocycles. The molecule has 5 N–H and O–H groups in total. The lowest BCUT2D eigenvalue weighted by Gasteiger charge is -2.27. The highest BCUT2D eigenvalue weighted by molar-refractivity contribution is 5.93. The minimum atomic E-state index is -0.430. The first kappa shape index (κ1) is 15.8. The minimum absolute atomic E-state index is 0.0351. The molecule has 4 rings (SSSR count). The summed E-state index contributed by atoms with van der Waals surface area (Å²) in [5, 5.41) is 20.1. The number of benzene rings is 1. The van der Waals surface area contributed by atoms with Crippen LogP contribution in [0.5, 0.6) is 0 Å². The van der Waals surface area contributed by atoms with Crippen LogP contribution in [-0.2, 0) is 0 Å². The number of rotatable bonds is 3. The number of aromatic nitrogens is 4. The standard InChI is InChI=1S/C17H19FN6O/c18-12-6-9(13-4-5-20-24-13)7-14-15(12)16(23-17(19)22-14)21-10-2-1-3-11(25)8-10/h4-7,10-11,25H,1-3,8H2,(H,20,24)(H3,19,21,22,23). The third-order valence-corrected chi connectivity index (χ3v) is 4.57. The number of hydrogen-bond acceptors (Lipinski definition) is 6. The second-order valence-electron chi connectivity index (χ2n) is 6.41. The smallest absolute Gasteiger partial charge is 0.222 e. The van der Waals surface area contributed by atoms with E-state index in [9.17, 15) is 9.50 Å². The zero-order chi connectivity index (χ0) is 17.4. The highest BCUT2D eigenvalue weighted by Gasteiger charge is 2.22. The number of nitrogen functional groups attached to an aromatic ring is 1. The van der Waals surface area contributed by atoms with Gasteiger partial charge < -0.3 is 16.2 Å². The molecule has 1 aliphatic rings. The number of nitrogens with zero attached hydrogens (tertiary/aromatic N) is 3. The molecule has 2 atom stereocenters. The SMILES string of the molecule is Nc1nc(NC2CCCC(O)C2)c2c(F)cc(-c3ccn[nH]3)cc2n1. The van der Waals surface area contributed by atoms with E-state index in [1.54, 1.807) is 18.3 Å². The van der Waals surface area contributed by atoms with Crippen molar-refractivity contribution in [2.75, 3.05) is 11.1 Å². The summed E-state index contributed by atoms with van der Waals surface area (Å²) < 4.78 is 14.8. The van der Waals surface area contributed by atoms with E-state index in [4.69, 9.17) is 5.73 Å². The van der Waals surface area contributed by atoms with E-state index in [0.29, 0.717) is 34.4 Å². The van der Waals surface area contributed by atoms with Crippen molar-refractivity contribution < 1.29 is 9.50 Å². The summed E-state index contributed by atoms with van der Waals surface area (Å²) >= 11 is 0. The Kier molecular flexibility index (Phi) is 3.96. The number of fused-ring (bicyclic) bond motifs is 1. The van der Waals surface area contributed by atoms with E-state index in [1.807, 2.05) is 0 Å². The molecule has 8 heteroatoms. The summed E-state index contributed by atoms with van der Waals surface area (Å²) in [6, 6.07) is 4.97. The molecular weight excluding hydrogens is 323 g/mol. The number of aliphatic hydroxyl groups excluding tert-OH is 1. The Balaban J connectivity index is 1.76. The average molecular weight is 342 g/mol. The fourth-order valence-electron chi connectivity index (χ4n) is 3.40. The van der Waals surface area contributed by atoms with Gasteiger partial charge in [0, 0.05) is 17.8 Å². The Morgan fingerprint density at radius 1 is 1.28 bits per heavy atom. The Morgan fingerprint density at radius 2 is 2.16 bits per heavy atom. The zero-order valence-electron chi connectivity index (χ0n) is 13.5. The lowest BCUT2D eigenvalue weighted by molar-refractivity contribution is 0.124. The maximum Gasteiger partial charge on any atom is 0.222 e. The topological polar surface area (TPSA) is 113 Å². The fourth-order valence-corrected chi connectivity index (χ4v) is 3.40. The number of halogens is 1. The summed E-state index contributed by atoms with van der Waals surface area (Å²) in [4.78, 5) is 8.37. The number of aliphatic hydroxyl groups is 1. The second-order valence-corrected chi connectivity index (χ2v) is 6.41. The first-order chi connectivity index (χ1) is 12.1. The lowest BCUT2D eigenvalue weighted by atomic mass is 9.93. The second kappa shape index (κ2) is 6.29. The number of H-pyrrole nitrogens is 1. The molecule has 0 aliphatic heterocycles. The van der Waals surface area contributed by atoms with Gasteiger partial charge in [0.2, 0.25) is 5.95 Å². The number of hydrogen-bond donors (Lipinski definition) is 4. The molecule has 2 heterocycles. The quantitative estimate of drug-likeness (QED) is 0.581. The predicted molar refractivity (Wildman–Crippen MR) is 93.4 cm³/mol. The van der Waals surface area contributed by atoms with E-state index in [2.05, 4.69) is 25.5 Å². The first-order valence-electron chi connectivity index (χ1n) is 8.31. The summed E-state index contributed by atoms with van der Waals surface area (Å²) in [5.41, 5.74) is 7.58. The van der Waals surface area contributed by atoms with Crippen LogP contribution in [0.25, 0.3) is 22.2 Å². The molecule has 130 valence electrons. The minimum Gasteiger partial charge on any atom is -0.393 e. The molecule has 3 aromatic rings. The molecule has 1 aliphatic carbocycles. The van der Waals surface area contributed by atoms with Crippen molar-refractivity contribution in [3.05, 3.63) is 30.2 Å². The van der Waals surface area contributed by atoms with Crippen LogP contribution < -0.4 is 11.1 Å². The zero-order valence-corrected chi connectivity index (χ0v) is 13.5. The highest BCUT2D eigenvalue weighted by atomic mass is 19.1. The fraction of sp³-hybridized carbons (Fsp3) is 0.353. The molecule has 0 saturated heterocycles. The molecule has 0 amide bonds. The monoisotopic (exact) mass is 342 g/mol. The van der Waals surface area contributed by atoms with Crippen molar-refractivity contribution in [1.29, 1.82) is 0 Å². The lowest BCUT2D eigenvalue weighted by Crippen LogP contribution is -2.30. The molecule has 0 radical (unpaired) electrons. The van der Waals surface area contributed by atoms with E-state index in [-0.39, 0.29) is 18.1 Å². The molecule has 1 fully saturated rings. The molecule has 25 heavy (non-hydrogen) atoms. The summed E-state index contributed by atoms with van der Waals surface area (Å²) in [7, 11) is 0. The summed E-state index contributed by atoms with van der Waals surface area (Å²) in [5.74, 6) is 0.0173. The van der Waals surface area contributed by atoms with Crippen LogP contribution in [0.4, 0.5) is 16.2 Å². The van der Waals surface area contributed by atoms with Gasteiger partial charge in [0.05, 0.1) is 22.7 Å². The number of nitrogens with two attached hydrogens (primary N) is 1. The predicted octanol–water partition coefficient (Wildman–Crippen LogP) is 2.46. The van der Waals surface area contributed by atoms with Crippen molar-refractivity contribution in [2.24, 2.45) is 0 Å². The third-order valence-electron chi connectivity index (χ3n) is 4.57. The van der Waals surface area contributed by atoms with Gasteiger partial charge in [-0.15, -0.1) is 0 Å². The van der Waals surface area contributed by atoms with Crippen LogP contribution in [0.1, 0.15) is 25.7 Å². The van der Waals surface area contributed by atoms with Gasteiger partial charge in [-0.05, 0) is 43.9 Å². The molecule has 1 saturated carbocycles. The van der Waals surface area contributed by atoms with Crippen molar-refractivity contribution in [3.8, 4) is 11.3 Å². The maximum absolute atomic E-state index is 14.8. The van der Waals surface area contributed by atoms with Crippen LogP contribution >= 0.6 is 0 Å². The van der Waals surface area contributed by atoms with Crippen LogP contribution in [0.2, 0.25) is 0 Å². The van der Waals surface area contributed by atoms with E-state index in [1.165, 1.54) is 6.07 Å². The Bertz CT molecular complexity index is 898. The molecule has 0 bridgehead atoms. The molecule has 0 spiro atoms. The normalized spacial score (nSPS) is 20.7. The van der Waals surface area contributed by atoms with Crippen molar-refractivity contribution in [1.82, 2.24) is 20.2 Å². The molecule has 2 unspecified atom stereocenters. The molecular formula is C17H19FN6O. The van der Waals surface area contributed by atoms with E-state index >= 15 is 0 Å². The van der Waals surface area contributed by atoms with Gasteiger partial charge in [0.25, 0.3) is 0 Å². The average Bonchev–Trinajstić information content (AvgIpc) is 3.08. The van der Waals surface area contributed by atoms with Crippen LogP contribution in [-0.4, -0.2) is 37.4 Å². The first-order valence-corrected chi connectivity index (χ1v) is 8.31. The summed E-state index contributed by atoms with van der Waals surface area (Å²) in [6.45, 7) is 0. The number of anilines is 2. The van der Waals surface area contributed by atoms with Crippen molar-refractivity contribution >= 4 is 22.7 Å². The van der Waals surface area contributed by atoms with Crippen LogP contribution in [0.3, 0.4) is 0 Å². The number of aromatic amines is 1. The van der Waals surface area contributed by atoms with E-state index < -0.39 is 5.82 Å². The van der Waals surface area contributed by atoms with Gasteiger partial charge in [0.15, 0.2) is 0 Å². The molecule has 2 aromatic heterocycles.